The number of aromatic nitrogens is 4. The Morgan fingerprint density at radius 3 is 2.71 bits per heavy atom. The normalized spacial score (nSPS) is 29.5. The van der Waals surface area contributed by atoms with Gasteiger partial charge in [-0.25, -0.2) is 14.8 Å². The van der Waals surface area contributed by atoms with Crippen LogP contribution in [0.25, 0.3) is 11.2 Å². The van der Waals surface area contributed by atoms with Gasteiger partial charge in [0.2, 0.25) is 0 Å². The molecule has 0 spiro atoms. The SMILES string of the molecule is COC(=O)[C@H]1O[C@](O)(n2cnc3c(=N)n(C)cnc32)[C@H](O)[C@@H]1O.I. The number of methoxy groups -OCH3 is 1. The van der Waals surface area contributed by atoms with E-state index >= 15 is 0 Å². The lowest BCUT2D eigenvalue weighted by Gasteiger charge is -2.26. The van der Waals surface area contributed by atoms with Gasteiger partial charge in [0.25, 0.3) is 5.91 Å². The molecule has 4 N–H and O–H groups in total. The first kappa shape index (κ1) is 18.7. The minimum atomic E-state index is -2.48. The summed E-state index contributed by atoms with van der Waals surface area (Å²) in [7, 11) is 2.68. The number of carbonyl (C=O) groups excluding carboxylic acids is 1. The number of carbonyl (C=O) groups is 1. The first-order valence-electron chi connectivity index (χ1n) is 6.59. The van der Waals surface area contributed by atoms with Crippen molar-refractivity contribution in [3.05, 3.63) is 18.1 Å². The van der Waals surface area contributed by atoms with E-state index < -0.39 is 30.2 Å². The van der Waals surface area contributed by atoms with Crippen LogP contribution < -0.4 is 5.49 Å². The number of halogens is 1. The van der Waals surface area contributed by atoms with E-state index in [0.717, 1.165) is 18.0 Å². The molecule has 132 valence electrons. The fraction of sp³-hybridized carbons (Fsp3) is 0.500. The van der Waals surface area contributed by atoms with E-state index in [1.54, 1.807) is 7.05 Å². The van der Waals surface area contributed by atoms with Gasteiger partial charge in [0.05, 0.1) is 13.4 Å². The summed E-state index contributed by atoms with van der Waals surface area (Å²) in [6.07, 6.45) is -2.71. The Hall–Kier alpha value is -1.61. The highest BCUT2D eigenvalue weighted by molar-refractivity contribution is 14.0. The van der Waals surface area contributed by atoms with Gasteiger partial charge in [0.15, 0.2) is 28.9 Å². The summed E-state index contributed by atoms with van der Waals surface area (Å²) in [5, 5.41) is 38.6. The second-order valence-electron chi connectivity index (χ2n) is 5.15. The zero-order chi connectivity index (χ0) is 16.9. The second-order valence-corrected chi connectivity index (χ2v) is 5.15. The standard InChI is InChI=1S/C12H15N5O6.HI/c1-16-3-15-10-5(9(16)13)14-4-17(10)12(21)8(19)6(18)7(23-12)11(20)22-2;/h3-4,6-8,13,18-19,21H,1-2H3;1H/t6-,7+,8-,12+;/m1./s1. The highest BCUT2D eigenvalue weighted by Crippen LogP contribution is 2.35. The molecule has 3 heterocycles. The van der Waals surface area contributed by atoms with Gasteiger partial charge >= 0.3 is 5.97 Å². The molecule has 24 heavy (non-hydrogen) atoms. The number of aliphatic hydroxyl groups is 3. The molecule has 0 bridgehead atoms. The van der Waals surface area contributed by atoms with Crippen LogP contribution in [0.4, 0.5) is 0 Å². The number of nitrogens with zero attached hydrogens (tertiary/aromatic N) is 4. The van der Waals surface area contributed by atoms with Crippen LogP contribution in [0.15, 0.2) is 12.7 Å². The maximum Gasteiger partial charge on any atom is 0.338 e. The second kappa shape index (κ2) is 6.36. The van der Waals surface area contributed by atoms with Crippen molar-refractivity contribution in [1.29, 1.82) is 5.41 Å². The van der Waals surface area contributed by atoms with Gasteiger partial charge in [-0.2, -0.15) is 0 Å². The number of ether oxygens (including phenoxy) is 2. The van der Waals surface area contributed by atoms with Crippen molar-refractivity contribution in [2.75, 3.05) is 7.11 Å². The van der Waals surface area contributed by atoms with Crippen LogP contribution in [0.5, 0.6) is 0 Å². The highest BCUT2D eigenvalue weighted by atomic mass is 127. The van der Waals surface area contributed by atoms with Crippen molar-refractivity contribution in [2.45, 2.75) is 24.2 Å². The summed E-state index contributed by atoms with van der Waals surface area (Å²) in [6, 6.07) is 0. The Labute approximate surface area is 152 Å². The Balaban J connectivity index is 0.00000208. The van der Waals surface area contributed by atoms with E-state index in [2.05, 4.69) is 14.7 Å². The first-order valence-corrected chi connectivity index (χ1v) is 6.59. The smallest absolute Gasteiger partial charge is 0.338 e. The highest BCUT2D eigenvalue weighted by Gasteiger charge is 2.58. The van der Waals surface area contributed by atoms with Gasteiger partial charge in [-0.15, -0.1) is 24.0 Å². The molecule has 1 aliphatic rings. The van der Waals surface area contributed by atoms with Crippen molar-refractivity contribution in [2.24, 2.45) is 7.05 Å². The third-order valence-electron chi connectivity index (χ3n) is 3.77. The molecule has 0 saturated carbocycles. The average Bonchev–Trinajstić information content (AvgIpc) is 3.07. The monoisotopic (exact) mass is 453 g/mol. The average molecular weight is 453 g/mol. The van der Waals surface area contributed by atoms with Crippen LogP contribution in [0.1, 0.15) is 0 Å². The number of esters is 1. The lowest BCUT2D eigenvalue weighted by Crippen LogP contribution is -2.45. The number of hydrogen-bond acceptors (Lipinski definition) is 9. The molecule has 0 amide bonds. The van der Waals surface area contributed by atoms with Crippen molar-refractivity contribution in [3.63, 3.8) is 0 Å². The molecule has 2 aromatic rings. The zero-order valence-corrected chi connectivity index (χ0v) is 15.0. The molecule has 2 aromatic heterocycles. The fourth-order valence-electron chi connectivity index (χ4n) is 2.45. The van der Waals surface area contributed by atoms with Gasteiger partial charge < -0.3 is 29.4 Å². The third kappa shape index (κ3) is 2.50. The first-order chi connectivity index (χ1) is 10.8. The van der Waals surface area contributed by atoms with Crippen molar-refractivity contribution < 1.29 is 29.6 Å². The fourth-order valence-corrected chi connectivity index (χ4v) is 2.45. The molecule has 3 rings (SSSR count). The molecule has 0 unspecified atom stereocenters. The van der Waals surface area contributed by atoms with Gasteiger partial charge in [-0.3, -0.25) is 9.98 Å². The molecule has 1 aliphatic heterocycles. The molecule has 0 radical (unpaired) electrons. The maximum atomic E-state index is 11.6. The summed E-state index contributed by atoms with van der Waals surface area (Å²) < 4.78 is 12.0. The van der Waals surface area contributed by atoms with Gasteiger partial charge in [0.1, 0.15) is 12.4 Å². The minimum Gasteiger partial charge on any atom is -0.467 e. The summed E-state index contributed by atoms with van der Waals surface area (Å²) in [5.41, 5.74) is 0.220. The van der Waals surface area contributed by atoms with Crippen LogP contribution in [0.2, 0.25) is 0 Å². The van der Waals surface area contributed by atoms with Crippen LogP contribution >= 0.6 is 24.0 Å². The number of fused-ring (bicyclic) bond motifs is 1. The number of aliphatic hydroxyl groups excluding tert-OH is 2. The van der Waals surface area contributed by atoms with Crippen molar-refractivity contribution in [3.8, 4) is 0 Å². The van der Waals surface area contributed by atoms with Crippen LogP contribution in [-0.2, 0) is 27.2 Å². The van der Waals surface area contributed by atoms with Crippen molar-refractivity contribution in [1.82, 2.24) is 19.1 Å². The van der Waals surface area contributed by atoms with E-state index in [1.807, 2.05) is 0 Å². The summed E-state index contributed by atoms with van der Waals surface area (Å²) >= 11 is 0. The molecule has 0 aliphatic carbocycles. The number of imidazole rings is 1. The predicted octanol–water partition coefficient (Wildman–Crippen LogP) is -2.24. The Bertz CT molecular complexity index is 837. The van der Waals surface area contributed by atoms with E-state index in [0.29, 0.717) is 0 Å². The summed E-state index contributed by atoms with van der Waals surface area (Å²) in [5.74, 6) is -3.43. The largest absolute Gasteiger partial charge is 0.467 e. The summed E-state index contributed by atoms with van der Waals surface area (Å²) in [4.78, 5) is 19.6. The minimum absolute atomic E-state index is 0. The van der Waals surface area contributed by atoms with E-state index in [4.69, 9.17) is 10.1 Å². The molecule has 1 saturated heterocycles. The van der Waals surface area contributed by atoms with E-state index in [1.165, 1.54) is 10.9 Å². The Morgan fingerprint density at radius 1 is 1.42 bits per heavy atom. The number of nitrogens with one attached hydrogen (secondary N) is 1. The lowest BCUT2D eigenvalue weighted by atomic mass is 10.1. The number of rotatable bonds is 2. The molecular weight excluding hydrogens is 437 g/mol. The quantitative estimate of drug-likeness (QED) is 0.294. The molecular formula is C12H16IN5O6. The molecule has 11 nitrogen and oxygen atoms in total. The van der Waals surface area contributed by atoms with E-state index in [-0.39, 0.29) is 40.6 Å². The van der Waals surface area contributed by atoms with Crippen LogP contribution in [0, 0.1) is 5.41 Å². The summed E-state index contributed by atoms with van der Waals surface area (Å²) in [6.45, 7) is 0. The number of aryl methyl sites for hydroxylation is 1. The van der Waals surface area contributed by atoms with Gasteiger partial charge in [0, 0.05) is 7.05 Å². The lowest BCUT2D eigenvalue weighted by molar-refractivity contribution is -0.284. The Kier molecular flexibility index (Phi) is 4.96. The van der Waals surface area contributed by atoms with Gasteiger partial charge in [-0.05, 0) is 0 Å². The zero-order valence-electron chi connectivity index (χ0n) is 12.7. The molecule has 0 aromatic carbocycles. The van der Waals surface area contributed by atoms with Crippen molar-refractivity contribution >= 4 is 41.1 Å². The van der Waals surface area contributed by atoms with Crippen LogP contribution in [-0.4, -0.2) is 65.8 Å². The topological polar surface area (TPSA) is 156 Å². The van der Waals surface area contributed by atoms with Gasteiger partial charge in [-0.1, -0.05) is 0 Å². The third-order valence-corrected chi connectivity index (χ3v) is 3.77. The molecule has 12 heteroatoms. The molecule has 4 atom stereocenters. The Morgan fingerprint density at radius 2 is 2.08 bits per heavy atom. The van der Waals surface area contributed by atoms with Crippen LogP contribution in [0.3, 0.4) is 0 Å². The maximum absolute atomic E-state index is 11.6. The predicted molar refractivity (Wildman–Crippen MR) is 86.9 cm³/mol. The molecule has 1 fully saturated rings. The number of hydrogen-bond donors (Lipinski definition) is 4. The van der Waals surface area contributed by atoms with E-state index in [9.17, 15) is 20.1 Å².